The van der Waals surface area contributed by atoms with E-state index < -0.39 is 10.0 Å². The molecule has 0 aliphatic heterocycles. The van der Waals surface area contributed by atoms with Crippen LogP contribution in [0.1, 0.15) is 12.0 Å². The van der Waals surface area contributed by atoms with Crippen LogP contribution in [-0.2, 0) is 26.0 Å². The van der Waals surface area contributed by atoms with Gasteiger partial charge in [-0.1, -0.05) is 6.07 Å². The van der Waals surface area contributed by atoms with Crippen LogP contribution in [0.25, 0.3) is 0 Å². The molecule has 0 spiro atoms. The molecule has 0 radical (unpaired) electrons. The van der Waals surface area contributed by atoms with Crippen molar-refractivity contribution in [1.29, 1.82) is 0 Å². The summed E-state index contributed by atoms with van der Waals surface area (Å²) in [7, 11) is -1.97. The lowest BCUT2D eigenvalue weighted by molar-refractivity contribution is 0.0699. The topological polar surface area (TPSA) is 104 Å². The minimum absolute atomic E-state index is 0.00463. The summed E-state index contributed by atoms with van der Waals surface area (Å²) in [5.74, 6) is 0. The molecular weight excluding hydrogens is 282 g/mol. The van der Waals surface area contributed by atoms with Crippen LogP contribution in [0, 0.1) is 0 Å². The number of nitrogens with zero attached hydrogens (tertiary/aromatic N) is 1. The van der Waals surface area contributed by atoms with Crippen LogP contribution in [0.3, 0.4) is 0 Å². The monoisotopic (exact) mass is 303 g/mol. The third-order valence-corrected chi connectivity index (χ3v) is 3.87. The summed E-state index contributed by atoms with van der Waals surface area (Å²) in [5.41, 5.74) is 6.22. The Kier molecular flexibility index (Phi) is 7.63. The van der Waals surface area contributed by atoms with Crippen molar-refractivity contribution in [3.05, 3.63) is 23.9 Å². The molecular formula is C12H21N3O4S. The first-order chi connectivity index (χ1) is 9.60. The lowest BCUT2D eigenvalue weighted by Crippen LogP contribution is -2.26. The highest BCUT2D eigenvalue weighted by Gasteiger charge is 2.14. The van der Waals surface area contributed by atoms with Crippen molar-refractivity contribution < 1.29 is 17.9 Å². The summed E-state index contributed by atoms with van der Waals surface area (Å²) < 4.78 is 36.3. The first-order valence-electron chi connectivity index (χ1n) is 6.31. The molecule has 1 aromatic heterocycles. The van der Waals surface area contributed by atoms with Crippen LogP contribution in [0.5, 0.6) is 0 Å². The van der Waals surface area contributed by atoms with E-state index in [1.807, 2.05) is 0 Å². The molecule has 20 heavy (non-hydrogen) atoms. The Hall–Kier alpha value is -1.06. The Labute approximate surface area is 119 Å². The lowest BCUT2D eigenvalue weighted by atomic mass is 10.3. The van der Waals surface area contributed by atoms with Crippen molar-refractivity contribution in [3.8, 4) is 0 Å². The average Bonchev–Trinajstić information content (AvgIpc) is 2.46. The Balaban J connectivity index is 2.33. The minimum atomic E-state index is -3.56. The number of rotatable bonds is 10. The van der Waals surface area contributed by atoms with Gasteiger partial charge in [-0.2, -0.15) is 0 Å². The highest BCUT2D eigenvalue weighted by molar-refractivity contribution is 7.89. The lowest BCUT2D eigenvalue weighted by Gasteiger charge is -2.07. The van der Waals surface area contributed by atoms with Gasteiger partial charge in [0.25, 0.3) is 10.0 Å². The average molecular weight is 303 g/mol. The van der Waals surface area contributed by atoms with Gasteiger partial charge >= 0.3 is 0 Å². The van der Waals surface area contributed by atoms with Crippen molar-refractivity contribution in [2.24, 2.45) is 5.73 Å². The first kappa shape index (κ1) is 17.0. The third-order valence-electron chi connectivity index (χ3n) is 2.50. The number of nitrogens with one attached hydrogen (secondary N) is 1. The Morgan fingerprint density at radius 1 is 1.30 bits per heavy atom. The molecule has 0 saturated carbocycles. The van der Waals surface area contributed by atoms with Crippen LogP contribution in [0.4, 0.5) is 0 Å². The number of hydrogen-bond donors (Lipinski definition) is 2. The zero-order valence-corrected chi connectivity index (χ0v) is 12.4. The summed E-state index contributed by atoms with van der Waals surface area (Å²) in [6, 6.07) is 3.09. The maximum absolute atomic E-state index is 11.9. The van der Waals surface area contributed by atoms with E-state index in [0.29, 0.717) is 39.3 Å². The Morgan fingerprint density at radius 2 is 2.10 bits per heavy atom. The van der Waals surface area contributed by atoms with E-state index in [1.165, 1.54) is 12.3 Å². The molecule has 1 heterocycles. The number of pyridine rings is 1. The van der Waals surface area contributed by atoms with Crippen LogP contribution in [-0.4, -0.2) is 46.9 Å². The predicted molar refractivity (Wildman–Crippen MR) is 74.6 cm³/mol. The highest BCUT2D eigenvalue weighted by Crippen LogP contribution is 2.06. The van der Waals surface area contributed by atoms with Crippen LogP contribution in [0.2, 0.25) is 0 Å². The predicted octanol–water partition coefficient (Wildman–Crippen LogP) is -0.128. The van der Waals surface area contributed by atoms with Gasteiger partial charge < -0.3 is 15.2 Å². The smallest absolute Gasteiger partial charge is 0.258 e. The van der Waals surface area contributed by atoms with E-state index in [2.05, 4.69) is 9.71 Å². The maximum atomic E-state index is 11.9. The van der Waals surface area contributed by atoms with Crippen molar-refractivity contribution >= 4 is 10.0 Å². The van der Waals surface area contributed by atoms with Crippen molar-refractivity contribution in [3.63, 3.8) is 0 Å². The summed E-state index contributed by atoms with van der Waals surface area (Å²) in [5, 5.41) is -0.00463. The molecule has 114 valence electrons. The summed E-state index contributed by atoms with van der Waals surface area (Å²) in [4.78, 5) is 3.88. The molecule has 0 bridgehead atoms. The van der Waals surface area contributed by atoms with Crippen molar-refractivity contribution in [2.75, 3.05) is 33.5 Å². The summed E-state index contributed by atoms with van der Waals surface area (Å²) in [6.45, 7) is 2.15. The SMILES string of the molecule is COCCOCCCNS(=O)(=O)c1ccc(CN)cn1. The van der Waals surface area contributed by atoms with Crippen molar-refractivity contribution in [2.45, 2.75) is 18.0 Å². The standard InChI is InChI=1S/C12H21N3O4S/c1-18-7-8-19-6-2-5-15-20(16,17)12-4-3-11(9-13)10-14-12/h3-4,10,15H,2,5-9,13H2,1H3. The molecule has 0 atom stereocenters. The molecule has 0 fully saturated rings. The second-order valence-corrected chi connectivity index (χ2v) is 5.78. The molecule has 1 aromatic rings. The normalized spacial score (nSPS) is 11.7. The van der Waals surface area contributed by atoms with E-state index in [9.17, 15) is 8.42 Å². The largest absolute Gasteiger partial charge is 0.382 e. The molecule has 7 nitrogen and oxygen atoms in total. The molecule has 0 aliphatic rings. The fraction of sp³-hybridized carbons (Fsp3) is 0.583. The first-order valence-corrected chi connectivity index (χ1v) is 7.80. The Bertz CT molecular complexity index is 476. The van der Waals surface area contributed by atoms with Crippen molar-refractivity contribution in [1.82, 2.24) is 9.71 Å². The second-order valence-electron chi connectivity index (χ2n) is 4.07. The van der Waals surface area contributed by atoms with Gasteiger partial charge in [0.05, 0.1) is 13.2 Å². The molecule has 0 amide bonds. The van der Waals surface area contributed by atoms with Gasteiger partial charge in [0.1, 0.15) is 0 Å². The van der Waals surface area contributed by atoms with Gasteiger partial charge in [-0.15, -0.1) is 0 Å². The van der Waals surface area contributed by atoms with Gasteiger partial charge in [0, 0.05) is 33.0 Å². The van der Waals surface area contributed by atoms with E-state index in [0.717, 1.165) is 5.56 Å². The highest BCUT2D eigenvalue weighted by atomic mass is 32.2. The van der Waals surface area contributed by atoms with Crippen LogP contribution >= 0.6 is 0 Å². The fourth-order valence-corrected chi connectivity index (χ4v) is 2.39. The molecule has 1 rings (SSSR count). The van der Waals surface area contributed by atoms with Gasteiger partial charge in [0.2, 0.25) is 0 Å². The molecule has 0 aliphatic carbocycles. The number of nitrogens with two attached hydrogens (primary N) is 1. The summed E-state index contributed by atoms with van der Waals surface area (Å²) in [6.07, 6.45) is 2.05. The molecule has 3 N–H and O–H groups in total. The Morgan fingerprint density at radius 3 is 2.70 bits per heavy atom. The summed E-state index contributed by atoms with van der Waals surface area (Å²) >= 11 is 0. The minimum Gasteiger partial charge on any atom is -0.382 e. The van der Waals surface area contributed by atoms with Gasteiger partial charge in [-0.25, -0.2) is 18.1 Å². The molecule has 0 unspecified atom stereocenters. The fourth-order valence-electron chi connectivity index (χ4n) is 1.39. The third kappa shape index (κ3) is 5.93. The quantitative estimate of drug-likeness (QED) is 0.584. The number of aromatic nitrogens is 1. The molecule has 0 saturated heterocycles. The van der Waals surface area contributed by atoms with E-state index in [1.54, 1.807) is 13.2 Å². The number of hydrogen-bond acceptors (Lipinski definition) is 6. The number of ether oxygens (including phenoxy) is 2. The van der Waals surface area contributed by atoms with Crippen LogP contribution in [0.15, 0.2) is 23.4 Å². The van der Waals surface area contributed by atoms with E-state index >= 15 is 0 Å². The van der Waals surface area contributed by atoms with E-state index in [4.69, 9.17) is 15.2 Å². The van der Waals surface area contributed by atoms with Gasteiger partial charge in [-0.05, 0) is 18.1 Å². The maximum Gasteiger partial charge on any atom is 0.258 e. The number of sulfonamides is 1. The molecule has 0 aromatic carbocycles. The van der Waals surface area contributed by atoms with Gasteiger partial charge in [0.15, 0.2) is 5.03 Å². The number of methoxy groups -OCH3 is 1. The second kappa shape index (κ2) is 8.98. The molecule has 8 heteroatoms. The zero-order chi connectivity index (χ0) is 14.8. The van der Waals surface area contributed by atoms with Crippen LogP contribution < -0.4 is 10.5 Å². The van der Waals surface area contributed by atoms with E-state index in [-0.39, 0.29) is 5.03 Å². The van der Waals surface area contributed by atoms with Gasteiger partial charge in [-0.3, -0.25) is 0 Å². The zero-order valence-electron chi connectivity index (χ0n) is 11.5.